The van der Waals surface area contributed by atoms with Crippen molar-refractivity contribution in [2.24, 2.45) is 5.73 Å². The lowest BCUT2D eigenvalue weighted by molar-refractivity contribution is -0.668. The van der Waals surface area contributed by atoms with Crippen molar-refractivity contribution in [2.45, 2.75) is 6.54 Å². The SMILES string of the molecule is NCC[n+]1ccc(/C=C/c2ccc(Cl)c(Cl)c2)c2ccccc21. The van der Waals surface area contributed by atoms with E-state index in [1.165, 1.54) is 10.9 Å². The molecule has 0 saturated heterocycles. The average molecular weight is 344 g/mol. The number of aromatic nitrogens is 1. The molecule has 0 amide bonds. The molecule has 0 saturated carbocycles. The van der Waals surface area contributed by atoms with E-state index in [1.807, 2.05) is 36.4 Å². The van der Waals surface area contributed by atoms with Gasteiger partial charge in [-0.25, -0.2) is 0 Å². The first-order chi connectivity index (χ1) is 11.2. The van der Waals surface area contributed by atoms with Crippen molar-refractivity contribution < 1.29 is 4.57 Å². The molecule has 0 unspecified atom stereocenters. The molecular formula is C19H17Cl2N2+. The Balaban J connectivity index is 2.01. The molecule has 0 aliphatic rings. The van der Waals surface area contributed by atoms with E-state index < -0.39 is 0 Å². The Labute approximate surface area is 145 Å². The minimum Gasteiger partial charge on any atom is -0.325 e. The number of hydrogen-bond acceptors (Lipinski definition) is 1. The Kier molecular flexibility index (Phi) is 4.97. The van der Waals surface area contributed by atoms with Gasteiger partial charge >= 0.3 is 0 Å². The lowest BCUT2D eigenvalue weighted by Gasteiger charge is -2.03. The second-order valence-corrected chi connectivity index (χ2v) is 6.09. The van der Waals surface area contributed by atoms with E-state index in [9.17, 15) is 0 Å². The van der Waals surface area contributed by atoms with Gasteiger partial charge in [-0.2, -0.15) is 4.57 Å². The van der Waals surface area contributed by atoms with Gasteiger partial charge in [-0.15, -0.1) is 0 Å². The maximum Gasteiger partial charge on any atom is 0.213 e. The number of rotatable bonds is 4. The summed E-state index contributed by atoms with van der Waals surface area (Å²) in [6.07, 6.45) is 6.20. The van der Waals surface area contributed by atoms with Crippen LogP contribution in [0.3, 0.4) is 0 Å². The molecule has 1 aromatic heterocycles. The van der Waals surface area contributed by atoms with Crippen molar-refractivity contribution in [1.82, 2.24) is 0 Å². The van der Waals surface area contributed by atoms with Crippen molar-refractivity contribution in [3.8, 4) is 0 Å². The number of fused-ring (bicyclic) bond motifs is 1. The van der Waals surface area contributed by atoms with Gasteiger partial charge in [0.25, 0.3) is 0 Å². The molecular weight excluding hydrogens is 327 g/mol. The van der Waals surface area contributed by atoms with Gasteiger partial charge in [0.05, 0.1) is 22.0 Å². The molecule has 0 aliphatic carbocycles. The van der Waals surface area contributed by atoms with Gasteiger partial charge in [-0.1, -0.05) is 53.6 Å². The highest BCUT2D eigenvalue weighted by Gasteiger charge is 2.09. The van der Waals surface area contributed by atoms with E-state index in [0.29, 0.717) is 16.6 Å². The molecule has 23 heavy (non-hydrogen) atoms. The predicted molar refractivity (Wildman–Crippen MR) is 98.6 cm³/mol. The molecule has 3 rings (SSSR count). The number of pyridine rings is 1. The molecule has 0 bridgehead atoms. The van der Waals surface area contributed by atoms with Gasteiger partial charge < -0.3 is 5.73 Å². The number of halogens is 2. The Morgan fingerprint density at radius 3 is 2.57 bits per heavy atom. The number of benzene rings is 2. The number of nitrogens with two attached hydrogens (primary N) is 1. The van der Waals surface area contributed by atoms with Crippen LogP contribution in [0, 0.1) is 0 Å². The van der Waals surface area contributed by atoms with Crippen LogP contribution in [-0.4, -0.2) is 6.54 Å². The van der Waals surface area contributed by atoms with E-state index in [4.69, 9.17) is 28.9 Å². The topological polar surface area (TPSA) is 29.9 Å². The predicted octanol–water partition coefficient (Wildman–Crippen LogP) is 4.56. The second-order valence-electron chi connectivity index (χ2n) is 5.28. The molecule has 116 valence electrons. The molecule has 2 nitrogen and oxygen atoms in total. The van der Waals surface area contributed by atoms with Gasteiger partial charge in [-0.05, 0) is 29.3 Å². The van der Waals surface area contributed by atoms with Gasteiger partial charge in [0, 0.05) is 12.1 Å². The average Bonchev–Trinajstić information content (AvgIpc) is 2.57. The number of nitrogens with zero attached hydrogens (tertiary/aromatic N) is 1. The normalized spacial score (nSPS) is 11.4. The van der Waals surface area contributed by atoms with Gasteiger partial charge in [-0.3, -0.25) is 0 Å². The minimum absolute atomic E-state index is 0.563. The maximum absolute atomic E-state index is 6.07. The first-order valence-electron chi connectivity index (χ1n) is 7.43. The summed E-state index contributed by atoms with van der Waals surface area (Å²) < 4.78 is 2.17. The molecule has 0 radical (unpaired) electrons. The summed E-state index contributed by atoms with van der Waals surface area (Å²) in [5.74, 6) is 0. The first-order valence-corrected chi connectivity index (χ1v) is 8.19. The van der Waals surface area contributed by atoms with Crippen LogP contribution in [0.2, 0.25) is 10.0 Å². The van der Waals surface area contributed by atoms with Crippen LogP contribution in [0.4, 0.5) is 0 Å². The zero-order valence-electron chi connectivity index (χ0n) is 12.5. The highest BCUT2D eigenvalue weighted by molar-refractivity contribution is 6.42. The fourth-order valence-electron chi connectivity index (χ4n) is 2.59. The maximum atomic E-state index is 6.07. The molecule has 3 aromatic rings. The lowest BCUT2D eigenvalue weighted by atomic mass is 10.1. The monoisotopic (exact) mass is 343 g/mol. The van der Waals surface area contributed by atoms with Crippen LogP contribution < -0.4 is 10.3 Å². The standard InChI is InChI=1S/C19H17Cl2N2/c20-17-8-6-14(13-18(17)21)5-7-15-9-11-23(12-10-22)19-4-2-1-3-16(15)19/h1-9,11,13H,10,12,22H2/q+1/b7-5+. The largest absolute Gasteiger partial charge is 0.325 e. The van der Waals surface area contributed by atoms with E-state index in [1.54, 1.807) is 0 Å². The Morgan fingerprint density at radius 2 is 1.78 bits per heavy atom. The summed E-state index contributed by atoms with van der Waals surface area (Å²) in [6, 6.07) is 16.0. The van der Waals surface area contributed by atoms with Crippen molar-refractivity contribution >= 4 is 46.3 Å². The van der Waals surface area contributed by atoms with E-state index in [2.05, 4.69) is 35.0 Å². The molecule has 1 heterocycles. The van der Waals surface area contributed by atoms with Crippen molar-refractivity contribution in [2.75, 3.05) is 6.54 Å². The van der Waals surface area contributed by atoms with Gasteiger partial charge in [0.15, 0.2) is 12.7 Å². The second kappa shape index (κ2) is 7.14. The molecule has 2 aromatic carbocycles. The summed E-state index contributed by atoms with van der Waals surface area (Å²) in [5.41, 5.74) is 9.04. The molecule has 0 atom stereocenters. The summed E-state index contributed by atoms with van der Waals surface area (Å²) in [7, 11) is 0. The third-order valence-electron chi connectivity index (χ3n) is 3.73. The van der Waals surface area contributed by atoms with Crippen molar-refractivity contribution in [1.29, 1.82) is 0 Å². The fraction of sp³-hybridized carbons (Fsp3) is 0.105. The smallest absolute Gasteiger partial charge is 0.213 e. The van der Waals surface area contributed by atoms with E-state index in [-0.39, 0.29) is 0 Å². The third-order valence-corrected chi connectivity index (χ3v) is 4.47. The quantitative estimate of drug-likeness (QED) is 0.691. The van der Waals surface area contributed by atoms with Crippen LogP contribution >= 0.6 is 23.2 Å². The number of para-hydroxylation sites is 1. The minimum atomic E-state index is 0.563. The van der Waals surface area contributed by atoms with E-state index in [0.717, 1.165) is 17.7 Å². The third kappa shape index (κ3) is 3.56. The molecule has 4 heteroatoms. The summed E-state index contributed by atoms with van der Waals surface area (Å²) in [5, 5.41) is 2.32. The Bertz CT molecular complexity index is 872. The summed E-state index contributed by atoms with van der Waals surface area (Å²) in [4.78, 5) is 0. The zero-order chi connectivity index (χ0) is 16.2. The zero-order valence-corrected chi connectivity index (χ0v) is 14.1. The van der Waals surface area contributed by atoms with Crippen molar-refractivity contribution in [3.05, 3.63) is 75.9 Å². The van der Waals surface area contributed by atoms with Crippen LogP contribution in [0.5, 0.6) is 0 Å². The lowest BCUT2D eigenvalue weighted by Crippen LogP contribution is -2.37. The summed E-state index contributed by atoms with van der Waals surface area (Å²) >= 11 is 12.0. The number of hydrogen-bond donors (Lipinski definition) is 1. The van der Waals surface area contributed by atoms with Crippen molar-refractivity contribution in [3.63, 3.8) is 0 Å². The van der Waals surface area contributed by atoms with Crippen LogP contribution in [0.1, 0.15) is 11.1 Å². The molecule has 0 fully saturated rings. The Hall–Kier alpha value is -1.87. The van der Waals surface area contributed by atoms with Crippen LogP contribution in [0.25, 0.3) is 23.1 Å². The van der Waals surface area contributed by atoms with E-state index >= 15 is 0 Å². The molecule has 0 aliphatic heterocycles. The van der Waals surface area contributed by atoms with Gasteiger partial charge in [0.1, 0.15) is 0 Å². The molecule has 2 N–H and O–H groups in total. The highest BCUT2D eigenvalue weighted by atomic mass is 35.5. The summed E-state index contributed by atoms with van der Waals surface area (Å²) in [6.45, 7) is 1.42. The first kappa shape index (κ1) is 16.0. The fourth-order valence-corrected chi connectivity index (χ4v) is 2.90. The highest BCUT2D eigenvalue weighted by Crippen LogP contribution is 2.24. The van der Waals surface area contributed by atoms with Crippen LogP contribution in [-0.2, 0) is 6.54 Å². The molecule has 0 spiro atoms. The van der Waals surface area contributed by atoms with Crippen LogP contribution in [0.15, 0.2) is 54.7 Å². The van der Waals surface area contributed by atoms with Gasteiger partial charge in [0.2, 0.25) is 5.52 Å². The Morgan fingerprint density at radius 1 is 0.957 bits per heavy atom.